The minimum atomic E-state index is 0.681. The minimum Gasteiger partial charge on any atom is -0.330 e. The van der Waals surface area contributed by atoms with Crippen LogP contribution in [0.5, 0.6) is 0 Å². The van der Waals surface area contributed by atoms with E-state index in [1.54, 1.807) is 0 Å². The normalized spacial score (nSPS) is 24.5. The summed E-state index contributed by atoms with van der Waals surface area (Å²) < 4.78 is 0. The third-order valence-corrected chi connectivity index (χ3v) is 4.00. The highest BCUT2D eigenvalue weighted by molar-refractivity contribution is 5.22. The second-order valence-corrected chi connectivity index (χ2v) is 5.40. The van der Waals surface area contributed by atoms with Gasteiger partial charge in [0.25, 0.3) is 0 Å². The molecule has 1 aromatic rings. The lowest BCUT2D eigenvalue weighted by Crippen LogP contribution is -2.37. The molecule has 1 aliphatic carbocycles. The van der Waals surface area contributed by atoms with Gasteiger partial charge in [0.05, 0.1) is 0 Å². The largest absolute Gasteiger partial charge is 0.330 e. The summed E-state index contributed by atoms with van der Waals surface area (Å²) in [6, 6.07) is 9.48. The highest BCUT2D eigenvalue weighted by Crippen LogP contribution is 2.29. The average molecular weight is 232 g/mol. The van der Waals surface area contributed by atoms with Crippen LogP contribution in [0.4, 0.5) is 0 Å². The minimum absolute atomic E-state index is 0.681. The number of nitrogens with zero attached hydrogens (tertiary/aromatic N) is 1. The zero-order valence-electron chi connectivity index (χ0n) is 11.0. The van der Waals surface area contributed by atoms with Gasteiger partial charge in [-0.1, -0.05) is 36.2 Å². The monoisotopic (exact) mass is 232 g/mol. The molecule has 2 rings (SSSR count). The van der Waals surface area contributed by atoms with Crippen LogP contribution >= 0.6 is 0 Å². The van der Waals surface area contributed by atoms with E-state index in [0.717, 1.165) is 13.1 Å². The molecule has 0 aliphatic heterocycles. The van der Waals surface area contributed by atoms with E-state index >= 15 is 0 Å². The van der Waals surface area contributed by atoms with E-state index in [2.05, 4.69) is 43.1 Å². The van der Waals surface area contributed by atoms with Crippen LogP contribution in [-0.2, 0) is 6.54 Å². The molecule has 2 nitrogen and oxygen atoms in total. The molecule has 1 aromatic carbocycles. The van der Waals surface area contributed by atoms with Gasteiger partial charge in [-0.25, -0.2) is 0 Å². The van der Waals surface area contributed by atoms with E-state index in [4.69, 9.17) is 5.73 Å². The van der Waals surface area contributed by atoms with Crippen molar-refractivity contribution in [1.29, 1.82) is 0 Å². The lowest BCUT2D eigenvalue weighted by atomic mass is 10.0. The highest BCUT2D eigenvalue weighted by atomic mass is 15.1. The fourth-order valence-electron chi connectivity index (χ4n) is 3.09. The first kappa shape index (κ1) is 12.6. The third-order valence-electron chi connectivity index (χ3n) is 4.00. The maximum Gasteiger partial charge on any atom is 0.0233 e. The molecule has 17 heavy (non-hydrogen) atoms. The van der Waals surface area contributed by atoms with Gasteiger partial charge in [0.1, 0.15) is 0 Å². The van der Waals surface area contributed by atoms with Gasteiger partial charge in [-0.05, 0) is 44.8 Å². The van der Waals surface area contributed by atoms with Crippen molar-refractivity contribution < 1.29 is 0 Å². The van der Waals surface area contributed by atoms with Gasteiger partial charge in [-0.3, -0.25) is 4.90 Å². The molecule has 0 saturated heterocycles. The molecular weight excluding hydrogens is 208 g/mol. The zero-order chi connectivity index (χ0) is 12.3. The van der Waals surface area contributed by atoms with Gasteiger partial charge in [0.15, 0.2) is 0 Å². The van der Waals surface area contributed by atoms with Crippen molar-refractivity contribution in [2.75, 3.05) is 13.6 Å². The van der Waals surface area contributed by atoms with E-state index < -0.39 is 0 Å². The highest BCUT2D eigenvalue weighted by Gasteiger charge is 2.28. The summed E-state index contributed by atoms with van der Waals surface area (Å²) in [4.78, 5) is 2.49. The van der Waals surface area contributed by atoms with Crippen LogP contribution in [-0.4, -0.2) is 24.5 Å². The van der Waals surface area contributed by atoms with E-state index in [1.165, 1.54) is 30.4 Å². The molecule has 2 unspecified atom stereocenters. The number of benzene rings is 1. The van der Waals surface area contributed by atoms with Crippen molar-refractivity contribution in [3.8, 4) is 0 Å². The molecular formula is C15H24N2. The molecule has 0 aromatic heterocycles. The fourth-order valence-corrected chi connectivity index (χ4v) is 3.09. The van der Waals surface area contributed by atoms with Crippen LogP contribution in [0.1, 0.15) is 30.4 Å². The summed E-state index contributed by atoms with van der Waals surface area (Å²) in [7, 11) is 2.24. The Morgan fingerprint density at radius 3 is 2.88 bits per heavy atom. The van der Waals surface area contributed by atoms with Crippen LogP contribution < -0.4 is 5.73 Å². The Morgan fingerprint density at radius 1 is 1.35 bits per heavy atom. The Kier molecular flexibility index (Phi) is 4.19. The van der Waals surface area contributed by atoms with Gasteiger partial charge >= 0.3 is 0 Å². The number of rotatable bonds is 4. The molecule has 0 heterocycles. The summed E-state index contributed by atoms with van der Waals surface area (Å²) in [5.41, 5.74) is 8.61. The maximum absolute atomic E-state index is 5.85. The Bertz CT molecular complexity index is 362. The molecule has 0 spiro atoms. The third kappa shape index (κ3) is 3.08. The van der Waals surface area contributed by atoms with Gasteiger partial charge in [0, 0.05) is 12.6 Å². The van der Waals surface area contributed by atoms with Crippen molar-refractivity contribution in [1.82, 2.24) is 4.90 Å². The van der Waals surface area contributed by atoms with Crippen molar-refractivity contribution in [3.63, 3.8) is 0 Å². The fraction of sp³-hybridized carbons (Fsp3) is 0.600. The molecule has 0 amide bonds. The Morgan fingerprint density at radius 2 is 2.18 bits per heavy atom. The lowest BCUT2D eigenvalue weighted by molar-refractivity contribution is 0.193. The molecule has 2 heteroatoms. The number of hydrogen-bond acceptors (Lipinski definition) is 2. The Hall–Kier alpha value is -0.860. The summed E-state index contributed by atoms with van der Waals surface area (Å²) in [6.07, 6.45) is 3.95. The molecule has 1 aliphatic rings. The Labute approximate surface area is 105 Å². The molecule has 94 valence electrons. The van der Waals surface area contributed by atoms with Crippen molar-refractivity contribution in [2.45, 2.75) is 38.8 Å². The standard InChI is InChI=1S/C15H24N2/c1-12-5-3-6-13(9-12)11-17(2)15-8-4-7-14(15)10-16/h3,5-6,9,14-15H,4,7-8,10-11,16H2,1-2H3. The summed E-state index contributed by atoms with van der Waals surface area (Å²) in [5.74, 6) is 0.699. The molecule has 0 bridgehead atoms. The molecule has 1 fully saturated rings. The van der Waals surface area contributed by atoms with Crippen LogP contribution in [0.2, 0.25) is 0 Å². The smallest absolute Gasteiger partial charge is 0.0233 e. The maximum atomic E-state index is 5.85. The predicted molar refractivity (Wildman–Crippen MR) is 72.8 cm³/mol. The van der Waals surface area contributed by atoms with Crippen LogP contribution in [0, 0.1) is 12.8 Å². The van der Waals surface area contributed by atoms with Gasteiger partial charge in [-0.15, -0.1) is 0 Å². The second kappa shape index (κ2) is 5.65. The van der Waals surface area contributed by atoms with Crippen molar-refractivity contribution in [3.05, 3.63) is 35.4 Å². The van der Waals surface area contributed by atoms with Gasteiger partial charge in [0.2, 0.25) is 0 Å². The molecule has 2 atom stereocenters. The van der Waals surface area contributed by atoms with Crippen molar-refractivity contribution in [2.24, 2.45) is 11.7 Å². The van der Waals surface area contributed by atoms with Crippen LogP contribution in [0.15, 0.2) is 24.3 Å². The first-order valence-electron chi connectivity index (χ1n) is 6.66. The van der Waals surface area contributed by atoms with Crippen LogP contribution in [0.3, 0.4) is 0 Å². The van der Waals surface area contributed by atoms with Crippen molar-refractivity contribution >= 4 is 0 Å². The molecule has 1 saturated carbocycles. The van der Waals surface area contributed by atoms with E-state index in [-0.39, 0.29) is 0 Å². The summed E-state index contributed by atoms with van der Waals surface area (Å²) in [6.45, 7) is 4.04. The van der Waals surface area contributed by atoms with Gasteiger partial charge in [-0.2, -0.15) is 0 Å². The topological polar surface area (TPSA) is 29.3 Å². The zero-order valence-corrected chi connectivity index (χ0v) is 11.0. The number of nitrogens with two attached hydrogens (primary N) is 1. The number of aryl methyl sites for hydroxylation is 1. The first-order valence-corrected chi connectivity index (χ1v) is 6.66. The predicted octanol–water partition coefficient (Wildman–Crippen LogP) is 2.55. The number of hydrogen-bond donors (Lipinski definition) is 1. The SMILES string of the molecule is Cc1cccc(CN(C)C2CCCC2CN)c1. The molecule has 2 N–H and O–H groups in total. The second-order valence-electron chi connectivity index (χ2n) is 5.40. The Balaban J connectivity index is 1.99. The van der Waals surface area contributed by atoms with E-state index in [9.17, 15) is 0 Å². The summed E-state index contributed by atoms with van der Waals surface area (Å²) in [5, 5.41) is 0. The average Bonchev–Trinajstić information content (AvgIpc) is 2.77. The van der Waals surface area contributed by atoms with Crippen LogP contribution in [0.25, 0.3) is 0 Å². The lowest BCUT2D eigenvalue weighted by Gasteiger charge is -2.29. The van der Waals surface area contributed by atoms with E-state index in [1.807, 2.05) is 0 Å². The molecule has 0 radical (unpaired) electrons. The first-order chi connectivity index (χ1) is 8.20. The quantitative estimate of drug-likeness (QED) is 0.864. The van der Waals surface area contributed by atoms with E-state index in [0.29, 0.717) is 12.0 Å². The van der Waals surface area contributed by atoms with Gasteiger partial charge < -0.3 is 5.73 Å². The summed E-state index contributed by atoms with van der Waals surface area (Å²) >= 11 is 0.